The summed E-state index contributed by atoms with van der Waals surface area (Å²) in [6.45, 7) is 1.97. The summed E-state index contributed by atoms with van der Waals surface area (Å²) in [7, 11) is 0. The molecule has 0 aliphatic carbocycles. The number of carbonyl (C=O) groups is 1. The maximum atomic E-state index is 11.0. The predicted molar refractivity (Wildman–Crippen MR) is 22.7 cm³/mol. The molecule has 0 amide bonds. The van der Waals surface area contributed by atoms with E-state index in [9.17, 15) is 9.18 Å². The molecule has 0 aliphatic heterocycles. The van der Waals surface area contributed by atoms with Crippen LogP contribution in [-0.4, -0.2) is 12.8 Å². The standard InChI is InChI=1S/C4H7FO2/c1-2-3-7-4(5)6/h2-3H2,1H3. The molecule has 0 aromatic carbocycles. The van der Waals surface area contributed by atoms with Gasteiger partial charge in [0.15, 0.2) is 0 Å². The van der Waals surface area contributed by atoms with Crippen LogP contribution < -0.4 is 0 Å². The molecule has 0 fully saturated rings. The lowest BCUT2D eigenvalue weighted by molar-refractivity contribution is 0.121. The zero-order chi connectivity index (χ0) is 5.70. The van der Waals surface area contributed by atoms with E-state index in [1.807, 2.05) is 0 Å². The molecule has 0 saturated heterocycles. The van der Waals surface area contributed by atoms with E-state index in [1.54, 1.807) is 6.92 Å². The second-order valence-electron chi connectivity index (χ2n) is 1.09. The van der Waals surface area contributed by atoms with E-state index in [2.05, 4.69) is 4.74 Å². The van der Waals surface area contributed by atoms with Crippen LogP contribution in [0.4, 0.5) is 9.18 Å². The van der Waals surface area contributed by atoms with Crippen LogP contribution >= 0.6 is 0 Å². The van der Waals surface area contributed by atoms with E-state index in [0.29, 0.717) is 6.42 Å². The Labute approximate surface area is 41.3 Å². The maximum Gasteiger partial charge on any atom is 0.495 e. The Hall–Kier alpha value is -0.600. The summed E-state index contributed by atoms with van der Waals surface area (Å²) in [5.41, 5.74) is 0. The predicted octanol–water partition coefficient (Wildman–Crippen LogP) is 1.50. The van der Waals surface area contributed by atoms with E-state index in [1.165, 1.54) is 0 Å². The van der Waals surface area contributed by atoms with Crippen molar-refractivity contribution in [1.29, 1.82) is 0 Å². The topological polar surface area (TPSA) is 26.3 Å². The highest BCUT2D eigenvalue weighted by Crippen LogP contribution is 1.83. The normalized spacial score (nSPS) is 8.29. The molecule has 3 heteroatoms. The van der Waals surface area contributed by atoms with Crippen molar-refractivity contribution in [2.24, 2.45) is 0 Å². The quantitative estimate of drug-likeness (QED) is 0.498. The lowest BCUT2D eigenvalue weighted by atomic mass is 10.5. The molecule has 0 heterocycles. The maximum absolute atomic E-state index is 11.0. The van der Waals surface area contributed by atoms with E-state index < -0.39 is 6.22 Å². The molecule has 42 valence electrons. The fourth-order valence-electron chi connectivity index (χ4n) is 0.182. The van der Waals surface area contributed by atoms with Gasteiger partial charge in [-0.3, -0.25) is 0 Å². The largest absolute Gasteiger partial charge is 0.495 e. The van der Waals surface area contributed by atoms with Crippen molar-refractivity contribution >= 4 is 6.22 Å². The molecule has 0 bridgehead atoms. The van der Waals surface area contributed by atoms with Gasteiger partial charge in [0.05, 0.1) is 6.61 Å². The average molecular weight is 106 g/mol. The summed E-state index contributed by atoms with van der Waals surface area (Å²) in [6.07, 6.45) is -1.03. The first-order valence-corrected chi connectivity index (χ1v) is 2.09. The molecule has 0 unspecified atom stereocenters. The first-order chi connectivity index (χ1) is 3.27. The van der Waals surface area contributed by atoms with Crippen molar-refractivity contribution in [1.82, 2.24) is 0 Å². The van der Waals surface area contributed by atoms with Crippen molar-refractivity contribution in [3.05, 3.63) is 0 Å². The van der Waals surface area contributed by atoms with Gasteiger partial charge in [0, 0.05) is 0 Å². The lowest BCUT2D eigenvalue weighted by Crippen LogP contribution is -1.94. The van der Waals surface area contributed by atoms with Gasteiger partial charge in [0.1, 0.15) is 0 Å². The zero-order valence-electron chi connectivity index (χ0n) is 4.11. The Kier molecular flexibility index (Phi) is 3.28. The molecule has 0 aliphatic rings. The first-order valence-electron chi connectivity index (χ1n) is 2.09. The van der Waals surface area contributed by atoms with Crippen LogP contribution in [0.25, 0.3) is 0 Å². The number of rotatable bonds is 2. The molecule has 0 spiro atoms. The highest BCUT2D eigenvalue weighted by Gasteiger charge is 1.91. The Bertz CT molecular complexity index is 62.7. The Morgan fingerprint density at radius 3 is 2.57 bits per heavy atom. The molecular weight excluding hydrogens is 99.0 g/mol. The second-order valence-corrected chi connectivity index (χ2v) is 1.09. The average Bonchev–Trinajstić information content (AvgIpc) is 1.61. The first kappa shape index (κ1) is 6.40. The smallest absolute Gasteiger partial charge is 0.440 e. The summed E-state index contributed by atoms with van der Waals surface area (Å²) in [6, 6.07) is 0. The van der Waals surface area contributed by atoms with E-state index >= 15 is 0 Å². The molecule has 0 radical (unpaired) electrons. The van der Waals surface area contributed by atoms with Crippen LogP contribution in [0.15, 0.2) is 0 Å². The summed E-state index contributed by atoms with van der Waals surface area (Å²) >= 11 is 0. The van der Waals surface area contributed by atoms with Gasteiger partial charge in [-0.15, -0.1) is 4.39 Å². The van der Waals surface area contributed by atoms with Gasteiger partial charge in [-0.2, -0.15) is 0 Å². The van der Waals surface area contributed by atoms with E-state index in [-0.39, 0.29) is 6.61 Å². The minimum absolute atomic E-state index is 0.176. The molecule has 0 rings (SSSR count). The van der Waals surface area contributed by atoms with Crippen LogP contribution in [0.3, 0.4) is 0 Å². The van der Waals surface area contributed by atoms with Gasteiger partial charge in [-0.05, 0) is 6.42 Å². The van der Waals surface area contributed by atoms with Crippen LogP contribution in [0.5, 0.6) is 0 Å². The molecule has 0 N–H and O–H groups in total. The Morgan fingerprint density at radius 1 is 1.86 bits per heavy atom. The third-order valence-electron chi connectivity index (χ3n) is 0.420. The van der Waals surface area contributed by atoms with Gasteiger partial charge in [-0.25, -0.2) is 4.79 Å². The van der Waals surface area contributed by atoms with E-state index in [0.717, 1.165) is 0 Å². The van der Waals surface area contributed by atoms with Gasteiger partial charge in [0.2, 0.25) is 0 Å². The van der Waals surface area contributed by atoms with Crippen molar-refractivity contribution in [2.75, 3.05) is 6.61 Å². The minimum atomic E-state index is -1.69. The third-order valence-corrected chi connectivity index (χ3v) is 0.420. The molecule has 0 aromatic rings. The minimum Gasteiger partial charge on any atom is -0.440 e. The SMILES string of the molecule is CCCOC(=O)F. The summed E-state index contributed by atoms with van der Waals surface area (Å²) in [5.74, 6) is 0. The number of ether oxygens (including phenoxy) is 1. The van der Waals surface area contributed by atoms with Gasteiger partial charge >= 0.3 is 6.22 Å². The van der Waals surface area contributed by atoms with Gasteiger partial charge in [-0.1, -0.05) is 6.92 Å². The monoisotopic (exact) mass is 106 g/mol. The van der Waals surface area contributed by atoms with Gasteiger partial charge in [0.25, 0.3) is 0 Å². The number of halogens is 1. The zero-order valence-corrected chi connectivity index (χ0v) is 4.11. The van der Waals surface area contributed by atoms with Crippen molar-refractivity contribution in [2.45, 2.75) is 13.3 Å². The van der Waals surface area contributed by atoms with Crippen LogP contribution in [-0.2, 0) is 4.74 Å². The third kappa shape index (κ3) is 5.40. The Morgan fingerprint density at radius 2 is 2.43 bits per heavy atom. The molecule has 7 heavy (non-hydrogen) atoms. The van der Waals surface area contributed by atoms with Crippen LogP contribution in [0, 0.1) is 0 Å². The second kappa shape index (κ2) is 3.59. The van der Waals surface area contributed by atoms with Crippen molar-refractivity contribution < 1.29 is 13.9 Å². The fraction of sp³-hybridized carbons (Fsp3) is 0.750. The molecule has 2 nitrogen and oxygen atoms in total. The fourth-order valence-corrected chi connectivity index (χ4v) is 0.182. The van der Waals surface area contributed by atoms with E-state index in [4.69, 9.17) is 0 Å². The van der Waals surface area contributed by atoms with Crippen molar-refractivity contribution in [3.63, 3.8) is 0 Å². The number of hydrogen-bond acceptors (Lipinski definition) is 2. The number of hydrogen-bond donors (Lipinski definition) is 0. The molecule has 0 aromatic heterocycles. The summed E-state index contributed by atoms with van der Waals surface area (Å²) in [5, 5.41) is 0. The lowest BCUT2D eigenvalue weighted by Gasteiger charge is -1.90. The highest BCUT2D eigenvalue weighted by molar-refractivity contribution is 5.57. The van der Waals surface area contributed by atoms with Crippen LogP contribution in [0.2, 0.25) is 0 Å². The van der Waals surface area contributed by atoms with Crippen LogP contribution in [0.1, 0.15) is 13.3 Å². The molecular formula is C4H7FO2. The van der Waals surface area contributed by atoms with Gasteiger partial charge < -0.3 is 4.74 Å². The molecule has 0 saturated carbocycles. The van der Waals surface area contributed by atoms with Crippen molar-refractivity contribution in [3.8, 4) is 0 Å². The molecule has 0 atom stereocenters. The summed E-state index contributed by atoms with van der Waals surface area (Å²) < 4.78 is 14.9. The number of carbonyl (C=O) groups excluding carboxylic acids is 1. The summed E-state index contributed by atoms with van der Waals surface area (Å²) in [4.78, 5) is 9.31. The highest BCUT2D eigenvalue weighted by atomic mass is 19.1. The Balaban J connectivity index is 2.82.